The molecule has 0 atom stereocenters. The Hall–Kier alpha value is -0.540. The van der Waals surface area contributed by atoms with Gasteiger partial charge in [0.15, 0.2) is 0 Å². The van der Waals surface area contributed by atoms with Gasteiger partial charge < -0.3 is 4.90 Å². The zero-order valence-electron chi connectivity index (χ0n) is 7.49. The number of hydrogen-bond acceptors (Lipinski definition) is 2. The summed E-state index contributed by atoms with van der Waals surface area (Å²) in [5.41, 5.74) is 1.25. The lowest BCUT2D eigenvalue weighted by atomic mass is 10.3. The molecule has 1 aliphatic rings. The SMILES string of the molecule is CN1C(=S)CCSc2ccccc21. The Morgan fingerprint density at radius 1 is 1.38 bits per heavy atom. The van der Waals surface area contributed by atoms with Gasteiger partial charge in [-0.15, -0.1) is 11.8 Å². The average molecular weight is 209 g/mol. The predicted octanol–water partition coefficient (Wildman–Crippen LogP) is 2.95. The van der Waals surface area contributed by atoms with Crippen molar-refractivity contribution in [2.24, 2.45) is 0 Å². The second-order valence-corrected chi connectivity index (χ2v) is 4.63. The highest BCUT2D eigenvalue weighted by Gasteiger charge is 2.15. The van der Waals surface area contributed by atoms with Crippen LogP contribution in [0.4, 0.5) is 5.69 Å². The van der Waals surface area contributed by atoms with Crippen LogP contribution < -0.4 is 4.90 Å². The van der Waals surface area contributed by atoms with Crippen LogP contribution in [0.15, 0.2) is 29.2 Å². The lowest BCUT2D eigenvalue weighted by Crippen LogP contribution is -2.23. The van der Waals surface area contributed by atoms with E-state index in [1.54, 1.807) is 0 Å². The first-order chi connectivity index (χ1) is 6.29. The summed E-state index contributed by atoms with van der Waals surface area (Å²) in [5.74, 6) is 1.10. The van der Waals surface area contributed by atoms with Crippen molar-refractivity contribution in [3.05, 3.63) is 24.3 Å². The van der Waals surface area contributed by atoms with Crippen LogP contribution in [0.5, 0.6) is 0 Å². The van der Waals surface area contributed by atoms with Crippen LogP contribution >= 0.6 is 24.0 Å². The van der Waals surface area contributed by atoms with Gasteiger partial charge in [0.25, 0.3) is 0 Å². The summed E-state index contributed by atoms with van der Waals surface area (Å²) >= 11 is 7.19. The summed E-state index contributed by atoms with van der Waals surface area (Å²) in [6, 6.07) is 8.42. The summed E-state index contributed by atoms with van der Waals surface area (Å²) in [7, 11) is 2.05. The third-order valence-corrected chi connectivity index (χ3v) is 3.72. The third kappa shape index (κ3) is 1.71. The first-order valence-electron chi connectivity index (χ1n) is 4.27. The molecule has 0 unspecified atom stereocenters. The smallest absolute Gasteiger partial charge is 0.0829 e. The monoisotopic (exact) mass is 209 g/mol. The molecule has 0 bridgehead atoms. The largest absolute Gasteiger partial charge is 0.338 e. The molecular weight excluding hydrogens is 198 g/mol. The molecular formula is C10H11NS2. The molecule has 1 heterocycles. The van der Waals surface area contributed by atoms with Crippen molar-refractivity contribution in [3.8, 4) is 0 Å². The van der Waals surface area contributed by atoms with Gasteiger partial charge in [-0.25, -0.2) is 0 Å². The minimum Gasteiger partial charge on any atom is -0.338 e. The van der Waals surface area contributed by atoms with Gasteiger partial charge in [-0.05, 0) is 12.1 Å². The Morgan fingerprint density at radius 2 is 2.15 bits per heavy atom. The Bertz CT molecular complexity index is 335. The van der Waals surface area contributed by atoms with E-state index in [0.717, 1.165) is 17.2 Å². The van der Waals surface area contributed by atoms with Gasteiger partial charge in [0, 0.05) is 24.1 Å². The summed E-state index contributed by atoms with van der Waals surface area (Å²) in [6.45, 7) is 0. The molecule has 0 saturated carbocycles. The highest BCUT2D eigenvalue weighted by atomic mass is 32.2. The molecule has 1 aromatic rings. The van der Waals surface area contributed by atoms with Crippen LogP contribution in [0.3, 0.4) is 0 Å². The minimum atomic E-state index is 1.01. The Labute approximate surface area is 88.1 Å². The highest BCUT2D eigenvalue weighted by molar-refractivity contribution is 7.99. The van der Waals surface area contributed by atoms with Gasteiger partial charge in [0.05, 0.1) is 10.7 Å². The van der Waals surface area contributed by atoms with Crippen molar-refractivity contribution in [2.75, 3.05) is 17.7 Å². The topological polar surface area (TPSA) is 3.24 Å². The van der Waals surface area contributed by atoms with E-state index in [2.05, 4.69) is 29.2 Å². The quantitative estimate of drug-likeness (QED) is 0.605. The summed E-state index contributed by atoms with van der Waals surface area (Å²) in [4.78, 5) is 4.49. The van der Waals surface area contributed by atoms with E-state index in [4.69, 9.17) is 12.2 Å². The molecule has 13 heavy (non-hydrogen) atoms. The standard InChI is InChI=1S/C10H11NS2/c1-11-8-4-2-3-5-9(8)13-7-6-10(11)12/h2-5H,6-7H2,1H3. The van der Waals surface area contributed by atoms with E-state index in [1.807, 2.05) is 18.8 Å². The van der Waals surface area contributed by atoms with Gasteiger partial charge in [0.1, 0.15) is 0 Å². The third-order valence-electron chi connectivity index (χ3n) is 2.17. The number of anilines is 1. The molecule has 1 nitrogen and oxygen atoms in total. The molecule has 68 valence electrons. The summed E-state index contributed by atoms with van der Waals surface area (Å²) in [5, 5.41) is 0. The molecule has 0 amide bonds. The second-order valence-electron chi connectivity index (χ2n) is 3.02. The van der Waals surface area contributed by atoms with Crippen molar-refractivity contribution in [1.82, 2.24) is 0 Å². The lowest BCUT2D eigenvalue weighted by Gasteiger charge is -2.18. The fraction of sp³-hybridized carbons (Fsp3) is 0.300. The van der Waals surface area contributed by atoms with Crippen molar-refractivity contribution >= 4 is 34.7 Å². The van der Waals surface area contributed by atoms with E-state index in [1.165, 1.54) is 10.6 Å². The number of nitrogens with zero attached hydrogens (tertiary/aromatic N) is 1. The van der Waals surface area contributed by atoms with Crippen molar-refractivity contribution in [1.29, 1.82) is 0 Å². The van der Waals surface area contributed by atoms with Crippen LogP contribution in [0, 0.1) is 0 Å². The average Bonchev–Trinajstić information content (AvgIpc) is 2.29. The predicted molar refractivity (Wildman–Crippen MR) is 62.8 cm³/mol. The van der Waals surface area contributed by atoms with E-state index in [9.17, 15) is 0 Å². The lowest BCUT2D eigenvalue weighted by molar-refractivity contribution is 1.19. The first-order valence-corrected chi connectivity index (χ1v) is 5.67. The molecule has 0 radical (unpaired) electrons. The Kier molecular flexibility index (Phi) is 2.56. The van der Waals surface area contributed by atoms with Crippen molar-refractivity contribution in [2.45, 2.75) is 11.3 Å². The Balaban J connectivity index is 2.46. The number of rotatable bonds is 0. The van der Waals surface area contributed by atoms with E-state index >= 15 is 0 Å². The molecule has 0 aliphatic carbocycles. The number of benzene rings is 1. The van der Waals surface area contributed by atoms with Gasteiger partial charge in [0.2, 0.25) is 0 Å². The second kappa shape index (κ2) is 3.68. The van der Waals surface area contributed by atoms with Gasteiger partial charge in [-0.3, -0.25) is 0 Å². The van der Waals surface area contributed by atoms with Gasteiger partial charge in [-0.2, -0.15) is 0 Å². The maximum absolute atomic E-state index is 5.30. The van der Waals surface area contributed by atoms with Crippen molar-refractivity contribution in [3.63, 3.8) is 0 Å². The molecule has 0 aromatic heterocycles. The molecule has 0 fully saturated rings. The fourth-order valence-electron chi connectivity index (χ4n) is 1.41. The van der Waals surface area contributed by atoms with E-state index in [-0.39, 0.29) is 0 Å². The van der Waals surface area contributed by atoms with E-state index < -0.39 is 0 Å². The molecule has 3 heteroatoms. The normalized spacial score (nSPS) is 16.7. The van der Waals surface area contributed by atoms with Crippen LogP contribution in [-0.2, 0) is 0 Å². The molecule has 1 aromatic carbocycles. The van der Waals surface area contributed by atoms with Gasteiger partial charge >= 0.3 is 0 Å². The summed E-state index contributed by atoms with van der Waals surface area (Å²) < 4.78 is 0. The number of para-hydroxylation sites is 1. The minimum absolute atomic E-state index is 1.01. The maximum Gasteiger partial charge on any atom is 0.0829 e. The summed E-state index contributed by atoms with van der Waals surface area (Å²) in [6.07, 6.45) is 1.01. The number of fused-ring (bicyclic) bond motifs is 1. The van der Waals surface area contributed by atoms with Gasteiger partial charge in [-0.1, -0.05) is 24.4 Å². The molecule has 1 aliphatic heterocycles. The van der Waals surface area contributed by atoms with Crippen molar-refractivity contribution < 1.29 is 0 Å². The molecule has 0 N–H and O–H groups in total. The number of thioether (sulfide) groups is 1. The molecule has 0 saturated heterocycles. The molecule has 2 rings (SSSR count). The van der Waals surface area contributed by atoms with Crippen LogP contribution in [0.2, 0.25) is 0 Å². The van der Waals surface area contributed by atoms with E-state index in [0.29, 0.717) is 0 Å². The molecule has 0 spiro atoms. The van der Waals surface area contributed by atoms with Crippen LogP contribution in [0.1, 0.15) is 6.42 Å². The number of hydrogen-bond donors (Lipinski definition) is 0. The zero-order chi connectivity index (χ0) is 9.26. The Morgan fingerprint density at radius 3 is 3.00 bits per heavy atom. The number of thiocarbonyl (C=S) groups is 1. The zero-order valence-corrected chi connectivity index (χ0v) is 9.12. The maximum atomic E-state index is 5.30. The highest BCUT2D eigenvalue weighted by Crippen LogP contribution is 2.33. The fourth-order valence-corrected chi connectivity index (χ4v) is 2.78. The van der Waals surface area contributed by atoms with Crippen LogP contribution in [-0.4, -0.2) is 17.8 Å². The van der Waals surface area contributed by atoms with Crippen LogP contribution in [0.25, 0.3) is 0 Å². The first kappa shape index (κ1) is 9.03.